The topological polar surface area (TPSA) is 50.6 Å². The molecule has 0 aliphatic carbocycles. The van der Waals surface area contributed by atoms with Crippen LogP contribution in [0.2, 0.25) is 0 Å². The number of benzene rings is 1. The van der Waals surface area contributed by atoms with Crippen LogP contribution in [0.15, 0.2) is 24.3 Å². The predicted octanol–water partition coefficient (Wildman–Crippen LogP) is 1.65. The average molecular weight is 326 g/mol. The number of likely N-dealkylation sites (N-methyl/N-ethyl adjacent to an activating group) is 2. The van der Waals surface area contributed by atoms with Gasteiger partial charge < -0.3 is 9.80 Å². The molecule has 3 rings (SSSR count). The number of piperidine rings is 1. The molecular weight excluding hydrogens is 300 g/mol. The molecule has 1 amide bonds. The molecule has 0 unspecified atom stereocenters. The van der Waals surface area contributed by atoms with Crippen LogP contribution in [0.1, 0.15) is 28.8 Å². The van der Waals surface area contributed by atoms with Crippen molar-refractivity contribution in [3.63, 3.8) is 0 Å². The molecule has 2 heterocycles. The SMILES string of the molecule is CN(C)C[C@@H]1C[C@@H]2CN(C(=O)c3cccc(C#N)c3)CC[C@@H]2N1C. The number of nitrogens with zero attached hydrogens (tertiary/aromatic N) is 4. The van der Waals surface area contributed by atoms with Crippen molar-refractivity contribution in [2.75, 3.05) is 40.8 Å². The molecule has 128 valence electrons. The van der Waals surface area contributed by atoms with Crippen LogP contribution in [0.5, 0.6) is 0 Å². The minimum absolute atomic E-state index is 0.0595. The Hall–Kier alpha value is -1.90. The standard InChI is InChI=1S/C19H26N4O/c1-21(2)13-17-10-16-12-23(8-7-18(16)22(17)3)19(24)15-6-4-5-14(9-15)11-20/h4-6,9,16-18H,7-8,10,12-13H2,1-3H3/t16-,17+,18+/m1/s1. The van der Waals surface area contributed by atoms with Crippen LogP contribution >= 0.6 is 0 Å². The maximum absolute atomic E-state index is 12.8. The van der Waals surface area contributed by atoms with Gasteiger partial charge in [-0.1, -0.05) is 6.07 Å². The summed E-state index contributed by atoms with van der Waals surface area (Å²) in [6.07, 6.45) is 2.19. The van der Waals surface area contributed by atoms with Crippen LogP contribution in [-0.4, -0.2) is 73.5 Å². The largest absolute Gasteiger partial charge is 0.338 e. The highest BCUT2D eigenvalue weighted by Crippen LogP contribution is 2.35. The molecule has 0 spiro atoms. The van der Waals surface area contributed by atoms with Gasteiger partial charge in [-0.15, -0.1) is 0 Å². The molecule has 2 aliphatic heterocycles. The Kier molecular flexibility index (Phi) is 4.88. The normalized spacial score (nSPS) is 27.1. The fourth-order valence-corrected chi connectivity index (χ4v) is 4.29. The van der Waals surface area contributed by atoms with Crippen LogP contribution in [0.4, 0.5) is 0 Å². The van der Waals surface area contributed by atoms with Crippen molar-refractivity contribution in [3.05, 3.63) is 35.4 Å². The second-order valence-electron chi connectivity index (χ2n) is 7.38. The first-order valence-corrected chi connectivity index (χ1v) is 8.65. The van der Waals surface area contributed by atoms with E-state index in [1.54, 1.807) is 18.2 Å². The zero-order valence-corrected chi connectivity index (χ0v) is 14.8. The van der Waals surface area contributed by atoms with Gasteiger partial charge in [0.15, 0.2) is 0 Å². The van der Waals surface area contributed by atoms with Crippen molar-refractivity contribution in [2.45, 2.75) is 24.9 Å². The lowest BCUT2D eigenvalue weighted by molar-refractivity contribution is 0.0606. The van der Waals surface area contributed by atoms with Gasteiger partial charge in [-0.3, -0.25) is 9.69 Å². The third kappa shape index (κ3) is 3.31. The van der Waals surface area contributed by atoms with Gasteiger partial charge in [-0.2, -0.15) is 5.26 Å². The number of hydrogen-bond acceptors (Lipinski definition) is 4. The minimum Gasteiger partial charge on any atom is -0.338 e. The molecule has 1 aromatic rings. The van der Waals surface area contributed by atoms with E-state index < -0.39 is 0 Å². The van der Waals surface area contributed by atoms with Crippen LogP contribution in [0.3, 0.4) is 0 Å². The Morgan fingerprint density at radius 3 is 2.92 bits per heavy atom. The molecule has 0 aromatic heterocycles. The van der Waals surface area contributed by atoms with E-state index in [1.807, 2.05) is 11.0 Å². The molecule has 5 nitrogen and oxygen atoms in total. The highest BCUT2D eigenvalue weighted by molar-refractivity contribution is 5.94. The first kappa shape index (κ1) is 16.9. The summed E-state index contributed by atoms with van der Waals surface area (Å²) in [6.45, 7) is 2.70. The molecule has 2 saturated heterocycles. The third-order valence-electron chi connectivity index (χ3n) is 5.47. The highest BCUT2D eigenvalue weighted by atomic mass is 16.2. The number of hydrogen-bond donors (Lipinski definition) is 0. The van der Waals surface area contributed by atoms with Crippen molar-refractivity contribution >= 4 is 5.91 Å². The first-order chi connectivity index (χ1) is 11.5. The molecule has 3 atom stereocenters. The molecule has 1 aromatic carbocycles. The van der Waals surface area contributed by atoms with Gasteiger partial charge in [0.1, 0.15) is 0 Å². The predicted molar refractivity (Wildman–Crippen MR) is 93.7 cm³/mol. The van der Waals surface area contributed by atoms with Crippen LogP contribution in [0.25, 0.3) is 0 Å². The monoisotopic (exact) mass is 326 g/mol. The maximum Gasteiger partial charge on any atom is 0.253 e. The summed E-state index contributed by atoms with van der Waals surface area (Å²) >= 11 is 0. The van der Waals surface area contributed by atoms with Crippen LogP contribution in [-0.2, 0) is 0 Å². The van der Waals surface area contributed by atoms with Gasteiger partial charge in [0, 0.05) is 37.3 Å². The van der Waals surface area contributed by atoms with E-state index in [-0.39, 0.29) is 5.91 Å². The number of nitriles is 1. The van der Waals surface area contributed by atoms with E-state index in [9.17, 15) is 4.79 Å². The quantitative estimate of drug-likeness (QED) is 0.847. The number of rotatable bonds is 3. The summed E-state index contributed by atoms with van der Waals surface area (Å²) < 4.78 is 0. The van der Waals surface area contributed by atoms with Gasteiger partial charge in [-0.25, -0.2) is 0 Å². The van der Waals surface area contributed by atoms with E-state index in [2.05, 4.69) is 37.0 Å². The summed E-state index contributed by atoms with van der Waals surface area (Å²) in [5, 5.41) is 9.02. The van der Waals surface area contributed by atoms with Crippen molar-refractivity contribution in [3.8, 4) is 6.07 Å². The summed E-state index contributed by atoms with van der Waals surface area (Å²) in [5.41, 5.74) is 1.17. The second kappa shape index (κ2) is 6.92. The van der Waals surface area contributed by atoms with Gasteiger partial charge in [-0.05, 0) is 58.1 Å². The molecule has 0 N–H and O–H groups in total. The fourth-order valence-electron chi connectivity index (χ4n) is 4.29. The lowest BCUT2D eigenvalue weighted by Gasteiger charge is -2.37. The smallest absolute Gasteiger partial charge is 0.253 e. The molecule has 2 aliphatic rings. The molecule has 0 saturated carbocycles. The Bertz CT molecular complexity index is 651. The number of carbonyl (C=O) groups is 1. The highest BCUT2D eigenvalue weighted by Gasteiger charge is 2.42. The number of fused-ring (bicyclic) bond motifs is 1. The fraction of sp³-hybridized carbons (Fsp3) is 0.579. The Labute approximate surface area is 144 Å². The van der Waals surface area contributed by atoms with Crippen LogP contribution < -0.4 is 0 Å². The van der Waals surface area contributed by atoms with E-state index in [1.165, 1.54) is 0 Å². The van der Waals surface area contributed by atoms with Crippen molar-refractivity contribution in [2.24, 2.45) is 5.92 Å². The Morgan fingerprint density at radius 2 is 2.21 bits per heavy atom. The van der Waals surface area contributed by atoms with Crippen molar-refractivity contribution < 1.29 is 4.79 Å². The number of carbonyl (C=O) groups excluding carboxylic acids is 1. The van der Waals surface area contributed by atoms with E-state index in [4.69, 9.17) is 5.26 Å². The molecule has 24 heavy (non-hydrogen) atoms. The zero-order valence-electron chi connectivity index (χ0n) is 14.8. The lowest BCUT2D eigenvalue weighted by atomic mass is 9.91. The van der Waals surface area contributed by atoms with Gasteiger partial charge in [0.05, 0.1) is 11.6 Å². The zero-order chi connectivity index (χ0) is 17.3. The first-order valence-electron chi connectivity index (χ1n) is 8.65. The third-order valence-corrected chi connectivity index (χ3v) is 5.47. The summed E-state index contributed by atoms with van der Waals surface area (Å²) in [6, 6.07) is 10.3. The Morgan fingerprint density at radius 1 is 1.42 bits per heavy atom. The maximum atomic E-state index is 12.8. The van der Waals surface area contributed by atoms with Crippen molar-refractivity contribution in [1.29, 1.82) is 5.26 Å². The summed E-state index contributed by atoms with van der Waals surface area (Å²) in [5.74, 6) is 0.612. The summed E-state index contributed by atoms with van der Waals surface area (Å²) in [4.78, 5) is 19.5. The molecule has 2 fully saturated rings. The molecule has 0 bridgehead atoms. The number of amides is 1. The van der Waals surface area contributed by atoms with Gasteiger partial charge >= 0.3 is 0 Å². The average Bonchev–Trinajstić information content (AvgIpc) is 2.89. The molecular formula is C19H26N4O. The van der Waals surface area contributed by atoms with E-state index in [0.29, 0.717) is 29.1 Å². The summed E-state index contributed by atoms with van der Waals surface area (Å²) in [7, 11) is 6.47. The van der Waals surface area contributed by atoms with Gasteiger partial charge in [0.2, 0.25) is 0 Å². The van der Waals surface area contributed by atoms with Crippen molar-refractivity contribution in [1.82, 2.24) is 14.7 Å². The number of likely N-dealkylation sites (tertiary alicyclic amines) is 2. The van der Waals surface area contributed by atoms with E-state index in [0.717, 1.165) is 32.5 Å². The lowest BCUT2D eigenvalue weighted by Crippen LogP contribution is -2.48. The van der Waals surface area contributed by atoms with E-state index >= 15 is 0 Å². The Balaban J connectivity index is 1.68. The second-order valence-corrected chi connectivity index (χ2v) is 7.38. The van der Waals surface area contributed by atoms with Crippen LogP contribution in [0, 0.1) is 17.2 Å². The van der Waals surface area contributed by atoms with Gasteiger partial charge in [0.25, 0.3) is 5.91 Å². The molecule has 0 radical (unpaired) electrons. The molecule has 5 heteroatoms. The minimum atomic E-state index is 0.0595.